The number of sulfonamides is 1. The highest BCUT2D eigenvalue weighted by atomic mass is 32.2. The van der Waals surface area contributed by atoms with Crippen molar-refractivity contribution >= 4 is 38.6 Å². The van der Waals surface area contributed by atoms with Crippen molar-refractivity contribution in [3.8, 4) is 0 Å². The van der Waals surface area contributed by atoms with Crippen LogP contribution in [0.2, 0.25) is 0 Å². The van der Waals surface area contributed by atoms with Gasteiger partial charge in [-0.25, -0.2) is 23.5 Å². The van der Waals surface area contributed by atoms with Crippen LogP contribution in [0.4, 0.5) is 0 Å². The molecule has 0 aliphatic carbocycles. The molecule has 3 rings (SSSR count). The Morgan fingerprint density at radius 2 is 1.85 bits per heavy atom. The number of aromatic nitrogens is 2. The molecule has 1 atom stereocenters. The molecule has 1 aromatic heterocycles. The van der Waals surface area contributed by atoms with Crippen molar-refractivity contribution in [2.24, 2.45) is 5.14 Å². The van der Waals surface area contributed by atoms with Crippen molar-refractivity contribution in [2.45, 2.75) is 22.9 Å². The smallest absolute Gasteiger partial charge is 0.238 e. The van der Waals surface area contributed by atoms with Crippen molar-refractivity contribution in [3.63, 3.8) is 0 Å². The Labute approximate surface area is 161 Å². The second kappa shape index (κ2) is 8.03. The fourth-order valence-electron chi connectivity index (χ4n) is 2.54. The molecule has 9 heteroatoms. The fraction of sp³-hybridized carbons (Fsp3) is 0.167. The average molecular weight is 403 g/mol. The minimum atomic E-state index is -3.73. The molecule has 27 heavy (non-hydrogen) atoms. The number of fused-ring (bicyclic) bond motifs is 1. The summed E-state index contributed by atoms with van der Waals surface area (Å²) < 4.78 is 22.6. The van der Waals surface area contributed by atoms with E-state index in [2.05, 4.69) is 15.3 Å². The molecule has 0 unspecified atom stereocenters. The van der Waals surface area contributed by atoms with Gasteiger partial charge in [0, 0.05) is 5.39 Å². The molecule has 140 valence electrons. The lowest BCUT2D eigenvalue weighted by Crippen LogP contribution is -2.28. The molecule has 1 amide bonds. The quantitative estimate of drug-likeness (QED) is 0.483. The number of nitrogens with one attached hydrogen (secondary N) is 1. The normalized spacial score (nSPS) is 12.7. The molecule has 0 saturated heterocycles. The third-order valence-electron chi connectivity index (χ3n) is 3.93. The maximum atomic E-state index is 12.3. The first kappa shape index (κ1) is 19.3. The van der Waals surface area contributed by atoms with Gasteiger partial charge in [0.2, 0.25) is 15.9 Å². The lowest BCUT2D eigenvalue weighted by Gasteiger charge is -2.14. The summed E-state index contributed by atoms with van der Waals surface area (Å²) in [7, 11) is -3.73. The van der Waals surface area contributed by atoms with Crippen LogP contribution < -0.4 is 10.5 Å². The van der Waals surface area contributed by atoms with Gasteiger partial charge in [0.15, 0.2) is 0 Å². The number of nitrogens with zero attached hydrogens (tertiary/aromatic N) is 2. The molecule has 2 aromatic carbocycles. The van der Waals surface area contributed by atoms with E-state index in [1.165, 1.54) is 30.2 Å². The van der Waals surface area contributed by atoms with Gasteiger partial charge in [0.1, 0.15) is 11.4 Å². The zero-order valence-corrected chi connectivity index (χ0v) is 16.1. The molecule has 0 spiro atoms. The maximum absolute atomic E-state index is 12.3. The van der Waals surface area contributed by atoms with Gasteiger partial charge in [-0.2, -0.15) is 0 Å². The Hall–Kier alpha value is -2.49. The predicted octanol–water partition coefficient (Wildman–Crippen LogP) is 2.25. The number of primary sulfonamides is 1. The van der Waals surface area contributed by atoms with E-state index in [0.717, 1.165) is 21.5 Å². The minimum absolute atomic E-state index is 0.0379. The second-order valence-electron chi connectivity index (χ2n) is 5.89. The first-order valence-electron chi connectivity index (χ1n) is 8.09. The molecule has 0 bridgehead atoms. The maximum Gasteiger partial charge on any atom is 0.238 e. The third kappa shape index (κ3) is 4.82. The van der Waals surface area contributed by atoms with Crippen LogP contribution in [0.1, 0.15) is 18.5 Å². The molecule has 0 saturated carbocycles. The summed E-state index contributed by atoms with van der Waals surface area (Å²) in [6, 6.07) is 13.5. The first-order valence-corrected chi connectivity index (χ1v) is 10.6. The molecular weight excluding hydrogens is 384 g/mol. The van der Waals surface area contributed by atoms with Crippen LogP contribution in [0, 0.1) is 0 Å². The van der Waals surface area contributed by atoms with Crippen molar-refractivity contribution < 1.29 is 13.2 Å². The number of amides is 1. The van der Waals surface area contributed by atoms with Gasteiger partial charge in [0.25, 0.3) is 0 Å². The number of nitrogens with two attached hydrogens (primary N) is 1. The highest BCUT2D eigenvalue weighted by Crippen LogP contribution is 2.24. The van der Waals surface area contributed by atoms with Gasteiger partial charge in [-0.3, -0.25) is 4.79 Å². The summed E-state index contributed by atoms with van der Waals surface area (Å²) in [5, 5.41) is 9.63. The molecule has 1 heterocycles. The monoisotopic (exact) mass is 402 g/mol. The third-order valence-corrected chi connectivity index (χ3v) is 5.87. The topological polar surface area (TPSA) is 115 Å². The number of hydrogen-bond donors (Lipinski definition) is 2. The highest BCUT2D eigenvalue weighted by Gasteiger charge is 2.13. The van der Waals surface area contributed by atoms with E-state index < -0.39 is 10.0 Å². The van der Waals surface area contributed by atoms with Gasteiger partial charge >= 0.3 is 0 Å². The zero-order chi connectivity index (χ0) is 19.4. The summed E-state index contributed by atoms with van der Waals surface area (Å²) in [6.07, 6.45) is 1.48. The zero-order valence-electron chi connectivity index (χ0n) is 14.5. The number of hydrogen-bond acceptors (Lipinski definition) is 6. The van der Waals surface area contributed by atoms with E-state index in [1.54, 1.807) is 12.1 Å². The molecule has 0 aliphatic rings. The number of thioether (sulfide) groups is 1. The summed E-state index contributed by atoms with van der Waals surface area (Å²) in [6.45, 7) is 1.83. The predicted molar refractivity (Wildman–Crippen MR) is 105 cm³/mol. The standard InChI is InChI=1S/C18H18N4O3S2/c1-12(13-6-8-14(9-7-13)27(19,24)25)22-17(23)10-26-18-15-4-2-3-5-16(15)20-11-21-18/h2-9,11-12H,10H2,1H3,(H,22,23)(H2,19,24,25)/t12-/m0/s1. The Morgan fingerprint density at radius 1 is 1.15 bits per heavy atom. The van der Waals surface area contributed by atoms with Crippen molar-refractivity contribution in [2.75, 3.05) is 5.75 Å². The number of para-hydroxylation sites is 1. The largest absolute Gasteiger partial charge is 0.349 e. The van der Waals surface area contributed by atoms with Gasteiger partial charge in [-0.15, -0.1) is 0 Å². The Balaban J connectivity index is 1.62. The lowest BCUT2D eigenvalue weighted by molar-refractivity contribution is -0.119. The van der Waals surface area contributed by atoms with Crippen LogP contribution in [0.3, 0.4) is 0 Å². The first-order chi connectivity index (χ1) is 12.8. The van der Waals surface area contributed by atoms with Gasteiger partial charge < -0.3 is 5.32 Å². The molecule has 0 radical (unpaired) electrons. The van der Waals surface area contributed by atoms with E-state index in [0.29, 0.717) is 0 Å². The van der Waals surface area contributed by atoms with Crippen LogP contribution in [0.15, 0.2) is 64.8 Å². The van der Waals surface area contributed by atoms with Crippen molar-refractivity contribution in [1.29, 1.82) is 0 Å². The van der Waals surface area contributed by atoms with E-state index in [4.69, 9.17) is 5.14 Å². The SMILES string of the molecule is C[C@H](NC(=O)CSc1ncnc2ccccc12)c1ccc(S(N)(=O)=O)cc1. The lowest BCUT2D eigenvalue weighted by atomic mass is 10.1. The molecule has 7 nitrogen and oxygen atoms in total. The van der Waals surface area contributed by atoms with E-state index in [-0.39, 0.29) is 22.6 Å². The van der Waals surface area contributed by atoms with E-state index in [1.807, 2.05) is 31.2 Å². The average Bonchev–Trinajstić information content (AvgIpc) is 2.65. The summed E-state index contributed by atoms with van der Waals surface area (Å²) in [5.41, 5.74) is 1.62. The summed E-state index contributed by atoms with van der Waals surface area (Å²) >= 11 is 1.34. The second-order valence-corrected chi connectivity index (χ2v) is 8.41. The molecule has 0 aliphatic heterocycles. The van der Waals surface area contributed by atoms with E-state index in [9.17, 15) is 13.2 Å². The van der Waals surface area contributed by atoms with Crippen LogP contribution in [-0.2, 0) is 14.8 Å². The highest BCUT2D eigenvalue weighted by molar-refractivity contribution is 8.00. The van der Waals surface area contributed by atoms with Crippen LogP contribution in [-0.4, -0.2) is 30.0 Å². The molecule has 3 N–H and O–H groups in total. The molecule has 3 aromatic rings. The number of carbonyl (C=O) groups excluding carboxylic acids is 1. The Bertz CT molecular complexity index is 1060. The summed E-state index contributed by atoms with van der Waals surface area (Å²) in [4.78, 5) is 20.8. The van der Waals surface area contributed by atoms with Gasteiger partial charge in [0.05, 0.1) is 22.2 Å². The fourth-order valence-corrected chi connectivity index (χ4v) is 3.86. The minimum Gasteiger partial charge on any atom is -0.349 e. The number of rotatable bonds is 6. The van der Waals surface area contributed by atoms with Gasteiger partial charge in [-0.1, -0.05) is 42.1 Å². The van der Waals surface area contributed by atoms with Crippen LogP contribution in [0.25, 0.3) is 10.9 Å². The Morgan fingerprint density at radius 3 is 2.56 bits per heavy atom. The summed E-state index contributed by atoms with van der Waals surface area (Å²) in [5.74, 6) is 0.0615. The molecule has 0 fully saturated rings. The van der Waals surface area contributed by atoms with Crippen molar-refractivity contribution in [1.82, 2.24) is 15.3 Å². The number of benzene rings is 2. The van der Waals surface area contributed by atoms with Crippen LogP contribution in [0.5, 0.6) is 0 Å². The van der Waals surface area contributed by atoms with E-state index >= 15 is 0 Å². The van der Waals surface area contributed by atoms with Crippen LogP contribution >= 0.6 is 11.8 Å². The van der Waals surface area contributed by atoms with Gasteiger partial charge in [-0.05, 0) is 30.7 Å². The molecular formula is C18H18N4O3S2. The number of carbonyl (C=O) groups is 1. The van der Waals surface area contributed by atoms with Crippen molar-refractivity contribution in [3.05, 3.63) is 60.4 Å². The Kier molecular flexibility index (Phi) is 5.73.